The summed E-state index contributed by atoms with van der Waals surface area (Å²) in [6.45, 7) is 5.00. The number of fused-ring (bicyclic) bond motifs is 1. The topological polar surface area (TPSA) is 126 Å². The molecule has 0 aromatic heterocycles. The lowest BCUT2D eigenvalue weighted by Gasteiger charge is -2.31. The number of alkyl halides is 1. The Hall–Kier alpha value is -1.86. The first kappa shape index (κ1) is 21.8. The molecule has 0 saturated carbocycles. The predicted octanol–water partition coefficient (Wildman–Crippen LogP) is 4.03. The van der Waals surface area contributed by atoms with Crippen molar-refractivity contribution in [1.82, 2.24) is 0 Å². The molecule has 1 aromatic carbocycles. The first-order valence-electron chi connectivity index (χ1n) is 8.14. The molecule has 0 amide bonds. The maximum atomic E-state index is 13.3. The van der Waals surface area contributed by atoms with Gasteiger partial charge in [-0.25, -0.2) is 9.59 Å². The van der Waals surface area contributed by atoms with Crippen LogP contribution in [0.2, 0.25) is 0 Å². The van der Waals surface area contributed by atoms with Crippen molar-refractivity contribution in [3.8, 4) is 0 Å². The highest BCUT2D eigenvalue weighted by Gasteiger charge is 2.45. The van der Waals surface area contributed by atoms with E-state index in [-0.39, 0.29) is 15.5 Å². The molecule has 1 N–H and O–H groups in total. The number of aliphatic carboxylic acids is 1. The van der Waals surface area contributed by atoms with Crippen LogP contribution >= 0.6 is 33.1 Å². The third-order valence-corrected chi connectivity index (χ3v) is 8.68. The van der Waals surface area contributed by atoms with Crippen molar-refractivity contribution in [3.63, 3.8) is 0 Å². The zero-order valence-corrected chi connectivity index (χ0v) is 19.3. The Bertz CT molecular complexity index is 1150. The normalized spacial score (nSPS) is 22.9. The summed E-state index contributed by atoms with van der Waals surface area (Å²) in [5.41, 5.74) is -0.303. The summed E-state index contributed by atoms with van der Waals surface area (Å²) in [5, 5.41) is 20.4. The third kappa shape index (κ3) is 3.94. The van der Waals surface area contributed by atoms with Crippen molar-refractivity contribution in [2.24, 2.45) is 10.2 Å². The fourth-order valence-electron chi connectivity index (χ4n) is 2.50. The van der Waals surface area contributed by atoms with Crippen LogP contribution in [0, 0.1) is 0 Å². The molecule has 12 heteroatoms. The Morgan fingerprint density at radius 3 is 2.66 bits per heavy atom. The van der Waals surface area contributed by atoms with Crippen LogP contribution in [0.4, 0.5) is 11.4 Å². The third-order valence-electron chi connectivity index (χ3n) is 3.71. The van der Waals surface area contributed by atoms with E-state index >= 15 is 0 Å². The minimum atomic E-state index is -4.27. The number of benzene rings is 1. The molecule has 29 heavy (non-hydrogen) atoms. The summed E-state index contributed by atoms with van der Waals surface area (Å²) in [5.74, 6) is -1.23. The number of allylic oxidation sites excluding steroid dienone is 2. The van der Waals surface area contributed by atoms with E-state index in [2.05, 4.69) is 10.2 Å². The van der Waals surface area contributed by atoms with Gasteiger partial charge in [-0.15, -0.1) is 4.47 Å². The zero-order chi connectivity index (χ0) is 21.6. The number of hydrogen-bond acceptors (Lipinski definition) is 7. The second kappa shape index (κ2) is 7.43. The number of carboxylic acids is 1. The van der Waals surface area contributed by atoms with Gasteiger partial charge in [0.25, 0.3) is 13.6 Å². The highest BCUT2D eigenvalue weighted by Crippen LogP contribution is 2.48. The number of carbonyl (C=O) groups is 1. The van der Waals surface area contributed by atoms with Gasteiger partial charge in [-0.2, -0.15) is 18.6 Å². The summed E-state index contributed by atoms with van der Waals surface area (Å²) in [7, 11) is -5.63. The molecule has 3 rings (SSSR count). The van der Waals surface area contributed by atoms with Crippen molar-refractivity contribution in [1.29, 1.82) is 0 Å². The first-order chi connectivity index (χ1) is 13.4. The summed E-state index contributed by atoms with van der Waals surface area (Å²) in [4.78, 5) is 28.6. The van der Waals surface area contributed by atoms with E-state index < -0.39 is 35.6 Å². The largest absolute Gasteiger partial charge is 0.479 e. The van der Waals surface area contributed by atoms with E-state index in [0.717, 1.165) is 0 Å². The highest BCUT2D eigenvalue weighted by molar-refractivity contribution is 14.1. The van der Waals surface area contributed by atoms with E-state index in [1.165, 1.54) is 35.8 Å². The lowest BCUT2D eigenvalue weighted by molar-refractivity contribution is -0.139. The molecule has 2 aliphatic rings. The van der Waals surface area contributed by atoms with Gasteiger partial charge >= 0.3 is 5.97 Å². The van der Waals surface area contributed by atoms with Crippen molar-refractivity contribution in [2.45, 2.75) is 29.9 Å². The number of nitrogens with zero attached hydrogens (tertiary/aromatic N) is 3. The number of halogens is 1. The Labute approximate surface area is 183 Å². The molecular formula is C17H16IN3O6S2. The monoisotopic (exact) mass is 549 g/mol. The second-order valence-electron chi connectivity index (χ2n) is 7.00. The molecule has 0 saturated heterocycles. The highest BCUT2D eigenvalue weighted by atomic mass is 127. The number of carboxylic acid groups (broad SMARTS) is 1. The first-order valence-corrected chi connectivity index (χ1v) is 11.9. The van der Waals surface area contributed by atoms with Crippen LogP contribution < -0.4 is 4.47 Å². The summed E-state index contributed by atoms with van der Waals surface area (Å²) in [6, 6.07) is 4.28. The molecule has 2 unspecified atom stereocenters. The molecule has 0 aliphatic carbocycles. The van der Waals surface area contributed by atoms with Crippen molar-refractivity contribution in [3.05, 3.63) is 45.6 Å². The van der Waals surface area contributed by atoms with Gasteiger partial charge in [0.2, 0.25) is 0 Å². The van der Waals surface area contributed by atoms with Gasteiger partial charge in [-0.1, -0.05) is 6.08 Å². The maximum absolute atomic E-state index is 13.3. The second-order valence-corrected chi connectivity index (χ2v) is 12.1. The van der Waals surface area contributed by atoms with E-state index in [1.807, 2.05) is 0 Å². The fourth-order valence-corrected chi connectivity index (χ4v) is 6.28. The van der Waals surface area contributed by atoms with Gasteiger partial charge in [0.1, 0.15) is 4.24 Å². The van der Waals surface area contributed by atoms with E-state index in [0.29, 0.717) is 10.2 Å². The number of carbonyl (C=O) groups excluding carboxylic acids is 1. The maximum Gasteiger partial charge on any atom is 0.348 e. The lowest BCUT2D eigenvalue weighted by atomic mass is 10.1. The zero-order valence-electron chi connectivity index (χ0n) is 15.5. The van der Waals surface area contributed by atoms with Crippen LogP contribution in [0.25, 0.3) is 0 Å². The van der Waals surface area contributed by atoms with Crippen LogP contribution in [0.15, 0.2) is 50.2 Å². The summed E-state index contributed by atoms with van der Waals surface area (Å²) < 4.78 is 25.5. The summed E-state index contributed by atoms with van der Waals surface area (Å²) in [6.07, 6.45) is 2.79. The SMILES string of the molecule is CC(C)(C)ON(c1ccc2c(c1)C(I)(C(=O)O)N=N2)S(=O)(=O)C1=CC=CS1=C=O. The smallest absolute Gasteiger partial charge is 0.348 e. The fraction of sp³-hybridized carbons (Fsp3) is 0.294. The average Bonchev–Trinajstić information content (AvgIpc) is 3.24. The number of hydrogen-bond donors (Lipinski definition) is 1. The quantitative estimate of drug-likeness (QED) is 0.194. The van der Waals surface area contributed by atoms with Crippen LogP contribution in [0.5, 0.6) is 0 Å². The molecule has 9 nitrogen and oxygen atoms in total. The molecular weight excluding hydrogens is 533 g/mol. The molecule has 154 valence electrons. The average molecular weight is 549 g/mol. The van der Waals surface area contributed by atoms with Crippen molar-refractivity contribution >= 4 is 65.7 Å². The van der Waals surface area contributed by atoms with Gasteiger partial charge < -0.3 is 5.11 Å². The Kier molecular flexibility index (Phi) is 5.60. The van der Waals surface area contributed by atoms with Crippen LogP contribution in [-0.2, 0) is 28.0 Å². The standard InChI is InChI=1S/C17H16IN3O6S2/c1-16(2,3)27-21(29(25,26)14-5-4-8-28(14)10-22)11-6-7-13-12(9-11)17(18,15(23)24)20-19-13/h4-9H,1-3H3,(H,23,24). The van der Waals surface area contributed by atoms with Crippen LogP contribution in [-0.4, -0.2) is 30.3 Å². The molecule has 0 fully saturated rings. The molecule has 2 aliphatic heterocycles. The van der Waals surface area contributed by atoms with E-state index in [1.54, 1.807) is 48.6 Å². The van der Waals surface area contributed by atoms with Crippen LogP contribution in [0.1, 0.15) is 26.3 Å². The van der Waals surface area contributed by atoms with Gasteiger partial charge in [0, 0.05) is 5.56 Å². The number of sulfonamides is 1. The van der Waals surface area contributed by atoms with Gasteiger partial charge in [0.15, 0.2) is 5.23 Å². The predicted molar refractivity (Wildman–Crippen MR) is 117 cm³/mol. The number of rotatable bonds is 5. The Morgan fingerprint density at radius 2 is 2.07 bits per heavy atom. The molecule has 2 atom stereocenters. The van der Waals surface area contributed by atoms with Gasteiger partial charge in [-0.05, 0) is 83.5 Å². The molecule has 0 spiro atoms. The van der Waals surface area contributed by atoms with Crippen LogP contribution in [0.3, 0.4) is 0 Å². The minimum absolute atomic E-state index is 0.0653. The van der Waals surface area contributed by atoms with Crippen molar-refractivity contribution in [2.75, 3.05) is 4.47 Å². The van der Waals surface area contributed by atoms with E-state index in [9.17, 15) is 23.1 Å². The van der Waals surface area contributed by atoms with Gasteiger partial charge in [0.05, 0.1) is 17.0 Å². The summed E-state index contributed by atoms with van der Waals surface area (Å²) >= 11 is 1.64. The minimum Gasteiger partial charge on any atom is -0.479 e. The Morgan fingerprint density at radius 1 is 1.38 bits per heavy atom. The van der Waals surface area contributed by atoms with E-state index in [4.69, 9.17) is 4.84 Å². The number of azo groups is 1. The van der Waals surface area contributed by atoms with Gasteiger partial charge in [-0.3, -0.25) is 4.84 Å². The molecule has 1 aromatic rings. The lowest BCUT2D eigenvalue weighted by Crippen LogP contribution is -2.39. The van der Waals surface area contributed by atoms with Crippen molar-refractivity contribution < 1.29 is 28.0 Å². The molecule has 0 radical (unpaired) electrons. The number of anilines is 1. The molecule has 2 heterocycles. The molecule has 0 bridgehead atoms. The Balaban J connectivity index is 2.16.